The molecule has 3 aromatic rings. The maximum absolute atomic E-state index is 13.6. The smallest absolute Gasteiger partial charge is 0.305 e. The number of hydrogen-bond acceptors (Lipinski definition) is 7. The first kappa shape index (κ1) is 28.3. The summed E-state index contributed by atoms with van der Waals surface area (Å²) in [6.45, 7) is 3.50. The SMILES string of the molecule is CC(C)c1c(C(=O)NCc2cccc(C#N)c2)nn(-c2ccc(F)cc2)c1OC[C@@H](O)C[C@@H](O)CC(=O)O. The summed E-state index contributed by atoms with van der Waals surface area (Å²) in [7, 11) is 0. The van der Waals surface area contributed by atoms with Gasteiger partial charge < -0.3 is 25.4 Å². The Hall–Kier alpha value is -4.27. The lowest BCUT2D eigenvalue weighted by atomic mass is 10.0. The van der Waals surface area contributed by atoms with E-state index in [0.717, 1.165) is 5.56 Å². The van der Waals surface area contributed by atoms with E-state index in [2.05, 4.69) is 16.5 Å². The van der Waals surface area contributed by atoms with E-state index in [9.17, 15) is 24.2 Å². The Balaban J connectivity index is 1.91. The molecule has 0 unspecified atom stereocenters. The third kappa shape index (κ3) is 7.38. The Morgan fingerprint density at radius 3 is 2.50 bits per heavy atom. The molecule has 0 radical (unpaired) electrons. The van der Waals surface area contributed by atoms with Crippen molar-refractivity contribution in [2.75, 3.05) is 6.61 Å². The van der Waals surface area contributed by atoms with Gasteiger partial charge in [0.05, 0.1) is 35.9 Å². The summed E-state index contributed by atoms with van der Waals surface area (Å²) in [6.07, 6.45) is -3.23. The first-order chi connectivity index (χ1) is 18.1. The van der Waals surface area contributed by atoms with Crippen molar-refractivity contribution in [3.63, 3.8) is 0 Å². The van der Waals surface area contributed by atoms with Crippen LogP contribution in [0.25, 0.3) is 5.69 Å². The van der Waals surface area contributed by atoms with Gasteiger partial charge in [0.15, 0.2) is 5.69 Å². The highest BCUT2D eigenvalue weighted by Gasteiger charge is 2.28. The molecule has 0 aliphatic rings. The number of amides is 1. The number of nitrogens with zero attached hydrogens (tertiary/aromatic N) is 3. The normalized spacial score (nSPS) is 12.6. The number of carbonyl (C=O) groups excluding carboxylic acids is 1. The van der Waals surface area contributed by atoms with Gasteiger partial charge in [-0.25, -0.2) is 9.07 Å². The minimum absolute atomic E-state index is 0.0659. The van der Waals surface area contributed by atoms with E-state index in [4.69, 9.17) is 15.1 Å². The molecule has 0 spiro atoms. The number of aromatic nitrogens is 2. The number of halogens is 1. The topological polar surface area (TPSA) is 158 Å². The number of ether oxygens (including phenoxy) is 1. The molecule has 0 saturated heterocycles. The van der Waals surface area contributed by atoms with Crippen molar-refractivity contribution in [3.05, 3.63) is 76.7 Å². The van der Waals surface area contributed by atoms with Gasteiger partial charge in [0.25, 0.3) is 5.91 Å². The quantitative estimate of drug-likeness (QED) is 0.282. The second-order valence-corrected chi connectivity index (χ2v) is 9.06. The number of aliphatic hydroxyl groups is 2. The molecule has 1 amide bonds. The Morgan fingerprint density at radius 2 is 1.87 bits per heavy atom. The average Bonchev–Trinajstić information content (AvgIpc) is 3.26. The van der Waals surface area contributed by atoms with E-state index < -0.39 is 36.3 Å². The first-order valence-corrected chi connectivity index (χ1v) is 12.0. The fraction of sp³-hybridized carbons (Fsp3) is 0.333. The summed E-state index contributed by atoms with van der Waals surface area (Å²) in [5.41, 5.74) is 2.10. The molecule has 1 heterocycles. The molecule has 0 bridgehead atoms. The molecule has 1 aromatic heterocycles. The summed E-state index contributed by atoms with van der Waals surface area (Å²) in [4.78, 5) is 24.0. The predicted octanol–water partition coefficient (Wildman–Crippen LogP) is 2.90. The van der Waals surface area contributed by atoms with Crippen molar-refractivity contribution in [2.24, 2.45) is 0 Å². The van der Waals surface area contributed by atoms with Crippen molar-refractivity contribution < 1.29 is 34.0 Å². The van der Waals surface area contributed by atoms with Crippen LogP contribution in [0.5, 0.6) is 5.88 Å². The second-order valence-electron chi connectivity index (χ2n) is 9.06. The van der Waals surface area contributed by atoms with Crippen molar-refractivity contribution in [1.29, 1.82) is 5.26 Å². The molecule has 200 valence electrons. The zero-order chi connectivity index (χ0) is 27.8. The van der Waals surface area contributed by atoms with Crippen molar-refractivity contribution in [1.82, 2.24) is 15.1 Å². The zero-order valence-corrected chi connectivity index (χ0v) is 21.0. The van der Waals surface area contributed by atoms with Gasteiger partial charge in [-0.15, -0.1) is 0 Å². The fourth-order valence-corrected chi connectivity index (χ4v) is 3.86. The third-order valence-corrected chi connectivity index (χ3v) is 5.62. The minimum Gasteiger partial charge on any atom is -0.481 e. The standard InChI is InChI=1S/C27H29FN4O6/c1-16(2)24-25(26(37)30-14-18-5-3-4-17(10-18)13-29)31-32(20-8-6-19(28)7-9-20)27(24)38-15-22(34)11-21(33)12-23(35)36/h3-10,16,21-22,33-34H,11-12,14-15H2,1-2H3,(H,30,37)(H,35,36)/t21-,22+/m1/s1. The van der Waals surface area contributed by atoms with Crippen LogP contribution >= 0.6 is 0 Å². The highest BCUT2D eigenvalue weighted by molar-refractivity contribution is 5.94. The molecule has 38 heavy (non-hydrogen) atoms. The Morgan fingerprint density at radius 1 is 1.16 bits per heavy atom. The minimum atomic E-state index is -1.27. The number of nitriles is 1. The third-order valence-electron chi connectivity index (χ3n) is 5.62. The van der Waals surface area contributed by atoms with Crippen LogP contribution in [0.4, 0.5) is 4.39 Å². The van der Waals surface area contributed by atoms with Crippen LogP contribution in [0.1, 0.15) is 59.8 Å². The largest absolute Gasteiger partial charge is 0.481 e. The van der Waals surface area contributed by atoms with Crippen LogP contribution in [0.2, 0.25) is 0 Å². The van der Waals surface area contributed by atoms with E-state index in [1.807, 2.05) is 13.8 Å². The fourth-order valence-electron chi connectivity index (χ4n) is 3.86. The lowest BCUT2D eigenvalue weighted by molar-refractivity contribution is -0.139. The number of carboxylic acid groups (broad SMARTS) is 1. The van der Waals surface area contributed by atoms with Crippen LogP contribution in [0.15, 0.2) is 48.5 Å². The van der Waals surface area contributed by atoms with Crippen LogP contribution in [0.3, 0.4) is 0 Å². The lowest BCUT2D eigenvalue weighted by Gasteiger charge is -2.17. The molecule has 10 nitrogen and oxygen atoms in total. The summed E-state index contributed by atoms with van der Waals surface area (Å²) in [6, 6.07) is 14.2. The van der Waals surface area contributed by atoms with Crippen molar-refractivity contribution in [2.45, 2.75) is 51.4 Å². The van der Waals surface area contributed by atoms with Gasteiger partial charge in [0.1, 0.15) is 12.4 Å². The number of aliphatic hydroxyl groups excluding tert-OH is 2. The summed E-state index contributed by atoms with van der Waals surface area (Å²) in [5.74, 6) is -2.27. The number of aliphatic carboxylic acids is 1. The molecule has 0 fully saturated rings. The Labute approximate surface area is 218 Å². The summed E-state index contributed by atoms with van der Waals surface area (Å²) in [5, 5.41) is 45.3. The van der Waals surface area contributed by atoms with Gasteiger partial charge in [-0.3, -0.25) is 9.59 Å². The molecule has 0 aliphatic carbocycles. The van der Waals surface area contributed by atoms with Gasteiger partial charge in [-0.1, -0.05) is 26.0 Å². The molecule has 2 atom stereocenters. The number of benzene rings is 2. The van der Waals surface area contributed by atoms with Gasteiger partial charge >= 0.3 is 5.97 Å². The van der Waals surface area contributed by atoms with Gasteiger partial charge in [0.2, 0.25) is 5.88 Å². The van der Waals surface area contributed by atoms with E-state index in [1.54, 1.807) is 24.3 Å². The molecule has 2 aromatic carbocycles. The molecule has 11 heteroatoms. The molecule has 0 aliphatic heterocycles. The molecule has 4 N–H and O–H groups in total. The predicted molar refractivity (Wildman–Crippen MR) is 134 cm³/mol. The first-order valence-electron chi connectivity index (χ1n) is 12.0. The number of carbonyl (C=O) groups is 2. The van der Waals surface area contributed by atoms with Gasteiger partial charge in [-0.2, -0.15) is 10.4 Å². The van der Waals surface area contributed by atoms with Crippen LogP contribution in [-0.2, 0) is 11.3 Å². The van der Waals surface area contributed by atoms with E-state index >= 15 is 0 Å². The van der Waals surface area contributed by atoms with Crippen molar-refractivity contribution in [3.8, 4) is 17.6 Å². The molecule has 0 saturated carbocycles. The maximum Gasteiger partial charge on any atom is 0.305 e. The summed E-state index contributed by atoms with van der Waals surface area (Å²) >= 11 is 0. The van der Waals surface area contributed by atoms with Crippen molar-refractivity contribution >= 4 is 11.9 Å². The average molecular weight is 525 g/mol. The van der Waals surface area contributed by atoms with E-state index in [0.29, 0.717) is 16.8 Å². The number of nitrogens with one attached hydrogen (secondary N) is 1. The monoisotopic (exact) mass is 524 g/mol. The van der Waals surface area contributed by atoms with Gasteiger partial charge in [-0.05, 0) is 47.9 Å². The number of rotatable bonds is 12. The summed E-state index contributed by atoms with van der Waals surface area (Å²) < 4.78 is 20.8. The van der Waals surface area contributed by atoms with Crippen LogP contribution in [0, 0.1) is 17.1 Å². The van der Waals surface area contributed by atoms with Gasteiger partial charge in [0, 0.05) is 18.5 Å². The second kappa shape index (κ2) is 12.8. The number of carboxylic acids is 1. The Kier molecular flexibility index (Phi) is 9.54. The molecular formula is C27H29FN4O6. The van der Waals surface area contributed by atoms with E-state index in [1.165, 1.54) is 28.9 Å². The molecular weight excluding hydrogens is 495 g/mol. The van der Waals surface area contributed by atoms with Crippen LogP contribution in [-0.4, -0.2) is 55.8 Å². The Bertz CT molecular complexity index is 1320. The zero-order valence-electron chi connectivity index (χ0n) is 21.0. The molecule has 3 rings (SSSR count). The van der Waals surface area contributed by atoms with Crippen LogP contribution < -0.4 is 10.1 Å². The van der Waals surface area contributed by atoms with E-state index in [-0.39, 0.29) is 37.1 Å². The number of hydrogen-bond donors (Lipinski definition) is 4. The highest BCUT2D eigenvalue weighted by Crippen LogP contribution is 2.33. The maximum atomic E-state index is 13.6. The lowest BCUT2D eigenvalue weighted by Crippen LogP contribution is -2.26. The highest BCUT2D eigenvalue weighted by atomic mass is 19.1.